The minimum atomic E-state index is -0.385. The van der Waals surface area contributed by atoms with Gasteiger partial charge in [-0.3, -0.25) is 4.79 Å². The van der Waals surface area contributed by atoms with E-state index in [1.165, 1.54) is 6.33 Å². The van der Waals surface area contributed by atoms with Crippen LogP contribution >= 0.6 is 11.6 Å². The van der Waals surface area contributed by atoms with Crippen LogP contribution in [0.1, 0.15) is 6.92 Å². The minimum Gasteiger partial charge on any atom is -0.497 e. The molecular weight excluding hydrogens is 372 g/mol. The topological polar surface area (TPSA) is 97.0 Å². The van der Waals surface area contributed by atoms with Gasteiger partial charge in [-0.25, -0.2) is 9.67 Å². The summed E-state index contributed by atoms with van der Waals surface area (Å²) in [5.41, 5.74) is 1.71. The van der Waals surface area contributed by atoms with Gasteiger partial charge in [-0.15, -0.1) is 0 Å². The lowest BCUT2D eigenvalue weighted by Gasteiger charge is -2.06. The van der Waals surface area contributed by atoms with E-state index in [2.05, 4.69) is 20.1 Å². The van der Waals surface area contributed by atoms with Gasteiger partial charge in [0.05, 0.1) is 31.8 Å². The fourth-order valence-electron chi connectivity index (χ4n) is 2.82. The third-order valence-corrected chi connectivity index (χ3v) is 4.17. The van der Waals surface area contributed by atoms with Gasteiger partial charge in [0.2, 0.25) is 5.28 Å². The van der Waals surface area contributed by atoms with Crippen LogP contribution in [0.25, 0.3) is 27.9 Å². The fourth-order valence-corrected chi connectivity index (χ4v) is 2.98. The average Bonchev–Trinajstić information content (AvgIpc) is 3.25. The Balaban J connectivity index is 1.85. The number of aromatic nitrogens is 6. The Hall–Kier alpha value is -3.20. The van der Waals surface area contributed by atoms with Gasteiger partial charge in [-0.1, -0.05) is 0 Å². The molecule has 10 heteroatoms. The maximum absolute atomic E-state index is 11.8. The molecule has 1 aromatic carbocycles. The Bertz CT molecular complexity index is 1150. The molecule has 0 aliphatic carbocycles. The number of carbonyl (C=O) groups is 1. The van der Waals surface area contributed by atoms with Crippen molar-refractivity contribution in [3.63, 3.8) is 0 Å². The molecule has 0 N–H and O–H groups in total. The summed E-state index contributed by atoms with van der Waals surface area (Å²) < 4.78 is 13.4. The van der Waals surface area contributed by atoms with Gasteiger partial charge in [0, 0.05) is 5.39 Å². The second-order valence-corrected chi connectivity index (χ2v) is 5.99. The van der Waals surface area contributed by atoms with Crippen LogP contribution in [0.5, 0.6) is 5.75 Å². The fraction of sp³-hybridized carbons (Fsp3) is 0.235. The molecule has 0 radical (unpaired) electrons. The average molecular weight is 387 g/mol. The van der Waals surface area contributed by atoms with E-state index in [0.29, 0.717) is 23.6 Å². The predicted molar refractivity (Wildman–Crippen MR) is 98.1 cm³/mol. The number of benzene rings is 1. The normalized spacial score (nSPS) is 11.2. The van der Waals surface area contributed by atoms with Crippen LogP contribution in [0.3, 0.4) is 0 Å². The highest BCUT2D eigenvalue weighted by Crippen LogP contribution is 2.26. The molecule has 0 spiro atoms. The number of fused-ring (bicyclic) bond motifs is 2. The van der Waals surface area contributed by atoms with Crippen LogP contribution in [-0.2, 0) is 16.1 Å². The van der Waals surface area contributed by atoms with Crippen molar-refractivity contribution in [3.05, 3.63) is 36.0 Å². The molecule has 0 aliphatic rings. The highest BCUT2D eigenvalue weighted by atomic mass is 35.5. The molecule has 0 amide bonds. The Labute approximate surface area is 158 Å². The molecule has 0 unspecified atom stereocenters. The molecule has 0 saturated carbocycles. The van der Waals surface area contributed by atoms with E-state index < -0.39 is 0 Å². The van der Waals surface area contributed by atoms with Crippen molar-refractivity contribution in [1.82, 2.24) is 29.3 Å². The number of esters is 1. The van der Waals surface area contributed by atoms with E-state index in [-0.39, 0.29) is 17.8 Å². The summed E-state index contributed by atoms with van der Waals surface area (Å²) in [7, 11) is 1.61. The van der Waals surface area contributed by atoms with Gasteiger partial charge in [0.25, 0.3) is 0 Å². The van der Waals surface area contributed by atoms with Crippen LogP contribution in [-0.4, -0.2) is 49.0 Å². The first kappa shape index (κ1) is 17.2. The number of rotatable bonds is 5. The lowest BCUT2D eigenvalue weighted by molar-refractivity contribution is -0.143. The standard InChI is InChI=1S/C17H15ClN6O3/c1-3-27-13(25)8-23-9-19-14-15(23)21-17(18)22-16(14)24-12-5-4-11(26-2)6-10(12)7-20-24/h4-7,9H,3,8H2,1-2H3. The maximum Gasteiger partial charge on any atom is 0.326 e. The van der Waals surface area contributed by atoms with Crippen LogP contribution in [0, 0.1) is 0 Å². The Morgan fingerprint density at radius 3 is 2.93 bits per heavy atom. The largest absolute Gasteiger partial charge is 0.497 e. The smallest absolute Gasteiger partial charge is 0.326 e. The molecule has 9 nitrogen and oxygen atoms in total. The van der Waals surface area contributed by atoms with Crippen molar-refractivity contribution in [1.29, 1.82) is 0 Å². The van der Waals surface area contributed by atoms with Crippen molar-refractivity contribution >= 4 is 39.6 Å². The number of halogens is 1. The van der Waals surface area contributed by atoms with Crippen LogP contribution in [0.4, 0.5) is 0 Å². The number of methoxy groups -OCH3 is 1. The molecular formula is C17H15ClN6O3. The van der Waals surface area contributed by atoms with Crippen molar-refractivity contribution in [2.75, 3.05) is 13.7 Å². The molecule has 0 aliphatic heterocycles. The monoisotopic (exact) mass is 386 g/mol. The molecule has 4 rings (SSSR count). The summed E-state index contributed by atoms with van der Waals surface area (Å²) in [6.45, 7) is 2.03. The lowest BCUT2D eigenvalue weighted by atomic mass is 10.2. The summed E-state index contributed by atoms with van der Waals surface area (Å²) >= 11 is 6.13. The minimum absolute atomic E-state index is 0.0197. The van der Waals surface area contributed by atoms with E-state index in [0.717, 1.165) is 16.7 Å². The molecule has 0 bridgehead atoms. The zero-order chi connectivity index (χ0) is 19.0. The van der Waals surface area contributed by atoms with E-state index in [1.54, 1.807) is 29.5 Å². The number of ether oxygens (including phenoxy) is 2. The third kappa shape index (κ3) is 3.06. The van der Waals surface area contributed by atoms with Gasteiger partial charge < -0.3 is 14.0 Å². The molecule has 0 fully saturated rings. The molecule has 4 aromatic rings. The molecule has 27 heavy (non-hydrogen) atoms. The van der Waals surface area contributed by atoms with Crippen molar-refractivity contribution in [3.8, 4) is 11.6 Å². The van der Waals surface area contributed by atoms with Gasteiger partial charge in [-0.05, 0) is 36.7 Å². The Morgan fingerprint density at radius 2 is 2.15 bits per heavy atom. The summed E-state index contributed by atoms with van der Waals surface area (Å²) in [4.78, 5) is 24.7. The van der Waals surface area contributed by atoms with Gasteiger partial charge in [0.1, 0.15) is 12.3 Å². The van der Waals surface area contributed by atoms with E-state index >= 15 is 0 Å². The van der Waals surface area contributed by atoms with E-state index in [4.69, 9.17) is 21.1 Å². The van der Waals surface area contributed by atoms with Crippen LogP contribution < -0.4 is 4.74 Å². The zero-order valence-corrected chi connectivity index (χ0v) is 15.3. The van der Waals surface area contributed by atoms with Crippen molar-refractivity contribution in [2.45, 2.75) is 13.5 Å². The number of hydrogen-bond acceptors (Lipinski definition) is 7. The third-order valence-electron chi connectivity index (χ3n) is 4.00. The number of imidazole rings is 1. The second-order valence-electron chi connectivity index (χ2n) is 5.65. The summed E-state index contributed by atoms with van der Waals surface area (Å²) in [6.07, 6.45) is 3.21. The summed E-state index contributed by atoms with van der Waals surface area (Å²) in [5, 5.41) is 5.31. The lowest BCUT2D eigenvalue weighted by Crippen LogP contribution is -2.13. The first-order valence-electron chi connectivity index (χ1n) is 8.17. The predicted octanol–water partition coefficient (Wildman–Crippen LogP) is 2.39. The Morgan fingerprint density at radius 1 is 1.30 bits per heavy atom. The molecule has 0 saturated heterocycles. The number of nitrogens with zero attached hydrogens (tertiary/aromatic N) is 6. The molecule has 138 valence electrons. The SMILES string of the molecule is CCOC(=O)Cn1cnc2c(-n3ncc4cc(OC)ccc43)nc(Cl)nc21. The van der Waals surface area contributed by atoms with E-state index in [9.17, 15) is 4.79 Å². The molecule has 3 heterocycles. The maximum atomic E-state index is 11.8. The van der Waals surface area contributed by atoms with Crippen molar-refractivity contribution < 1.29 is 14.3 Å². The summed E-state index contributed by atoms with van der Waals surface area (Å²) in [5.74, 6) is 0.768. The zero-order valence-electron chi connectivity index (χ0n) is 14.6. The highest BCUT2D eigenvalue weighted by molar-refractivity contribution is 6.28. The van der Waals surface area contributed by atoms with Gasteiger partial charge >= 0.3 is 5.97 Å². The van der Waals surface area contributed by atoms with Crippen LogP contribution in [0.15, 0.2) is 30.7 Å². The van der Waals surface area contributed by atoms with Gasteiger partial charge in [0.15, 0.2) is 17.0 Å². The molecule has 3 aromatic heterocycles. The molecule has 0 atom stereocenters. The first-order valence-corrected chi connectivity index (χ1v) is 8.54. The highest BCUT2D eigenvalue weighted by Gasteiger charge is 2.18. The van der Waals surface area contributed by atoms with Crippen LogP contribution in [0.2, 0.25) is 5.28 Å². The quantitative estimate of drug-likeness (QED) is 0.383. The number of carbonyl (C=O) groups excluding carboxylic acids is 1. The van der Waals surface area contributed by atoms with Gasteiger partial charge in [-0.2, -0.15) is 15.1 Å². The van der Waals surface area contributed by atoms with E-state index in [1.807, 2.05) is 18.2 Å². The summed E-state index contributed by atoms with van der Waals surface area (Å²) in [6, 6.07) is 5.58. The second kappa shape index (κ2) is 6.84. The first-order chi connectivity index (χ1) is 13.1. The number of hydrogen-bond donors (Lipinski definition) is 0. The van der Waals surface area contributed by atoms with Crippen molar-refractivity contribution in [2.24, 2.45) is 0 Å². The Kier molecular flexibility index (Phi) is 4.36.